The second kappa shape index (κ2) is 7.33. The van der Waals surface area contributed by atoms with Crippen LogP contribution in [0.4, 0.5) is 0 Å². The molecule has 3 aromatic rings. The topological polar surface area (TPSA) is 67.2 Å². The average molecular weight is 360 g/mol. The predicted molar refractivity (Wildman–Crippen MR) is 107 cm³/mol. The molecule has 128 valence electrons. The third-order valence-electron chi connectivity index (χ3n) is 3.95. The highest BCUT2D eigenvalue weighted by Crippen LogP contribution is 2.29. The SMILES string of the molecule is O=C(N[SH]1C=Cc2ccccc2C=N1)c1ccc(-c2ccncn2)cc1. The van der Waals surface area contributed by atoms with Crippen molar-refractivity contribution in [1.29, 1.82) is 0 Å². The van der Waals surface area contributed by atoms with Gasteiger partial charge in [0, 0.05) is 29.1 Å². The lowest BCUT2D eigenvalue weighted by Crippen LogP contribution is -2.18. The number of nitrogens with zero attached hydrogens (tertiary/aromatic N) is 3. The second-order valence-electron chi connectivity index (χ2n) is 5.65. The number of thiol groups is 1. The Hall–Kier alpha value is -3.25. The largest absolute Gasteiger partial charge is 0.296 e. The van der Waals surface area contributed by atoms with Gasteiger partial charge in [-0.05, 0) is 35.2 Å². The minimum absolute atomic E-state index is 0.141. The molecule has 4 rings (SSSR count). The molecule has 0 aliphatic carbocycles. The summed E-state index contributed by atoms with van der Waals surface area (Å²) in [6.45, 7) is 0. The molecule has 0 saturated carbocycles. The zero-order valence-electron chi connectivity index (χ0n) is 13.8. The van der Waals surface area contributed by atoms with E-state index in [0.29, 0.717) is 5.56 Å². The summed E-state index contributed by atoms with van der Waals surface area (Å²) in [5.41, 5.74) is 4.51. The minimum atomic E-state index is -1.09. The number of rotatable bonds is 3. The van der Waals surface area contributed by atoms with Gasteiger partial charge in [-0.3, -0.25) is 9.52 Å². The molecule has 1 aliphatic heterocycles. The quantitative estimate of drug-likeness (QED) is 0.698. The first-order chi connectivity index (χ1) is 12.8. The zero-order valence-corrected chi connectivity index (χ0v) is 14.7. The third-order valence-corrected chi connectivity index (χ3v) is 5.18. The van der Waals surface area contributed by atoms with Crippen molar-refractivity contribution in [2.24, 2.45) is 4.40 Å². The molecular weight excluding hydrogens is 344 g/mol. The van der Waals surface area contributed by atoms with E-state index < -0.39 is 11.3 Å². The number of aromatic nitrogens is 2. The summed E-state index contributed by atoms with van der Waals surface area (Å²) in [5.74, 6) is -0.141. The summed E-state index contributed by atoms with van der Waals surface area (Å²) >= 11 is -1.09. The van der Waals surface area contributed by atoms with Gasteiger partial charge in [0.05, 0.1) is 5.69 Å². The van der Waals surface area contributed by atoms with Crippen molar-refractivity contribution in [3.05, 3.63) is 89.2 Å². The number of benzene rings is 2. The summed E-state index contributed by atoms with van der Waals surface area (Å²) in [5, 5.41) is 1.95. The molecule has 1 aliphatic rings. The Morgan fingerprint density at radius 3 is 2.54 bits per heavy atom. The van der Waals surface area contributed by atoms with E-state index in [9.17, 15) is 4.79 Å². The maximum atomic E-state index is 12.5. The molecule has 1 N–H and O–H groups in total. The van der Waals surface area contributed by atoms with E-state index in [4.69, 9.17) is 0 Å². The Bertz CT molecular complexity index is 951. The summed E-state index contributed by atoms with van der Waals surface area (Å²) in [6, 6.07) is 17.2. The van der Waals surface area contributed by atoms with Crippen LogP contribution in [0.1, 0.15) is 21.5 Å². The fourth-order valence-corrected chi connectivity index (χ4v) is 3.68. The molecule has 26 heavy (non-hydrogen) atoms. The van der Waals surface area contributed by atoms with Gasteiger partial charge >= 0.3 is 0 Å². The molecule has 2 aromatic carbocycles. The van der Waals surface area contributed by atoms with Crippen LogP contribution in [0.5, 0.6) is 0 Å². The molecule has 1 atom stereocenters. The summed E-state index contributed by atoms with van der Waals surface area (Å²) in [7, 11) is 0. The Morgan fingerprint density at radius 2 is 1.77 bits per heavy atom. The smallest absolute Gasteiger partial charge is 0.261 e. The second-order valence-corrected chi connectivity index (χ2v) is 7.09. The van der Waals surface area contributed by atoms with Gasteiger partial charge in [-0.2, -0.15) is 0 Å². The van der Waals surface area contributed by atoms with E-state index in [0.717, 1.165) is 22.4 Å². The standard InChI is InChI=1S/C20H16N4OS/c25-20(17-7-5-16(6-8-17)19-9-11-21-14-22-19)24-26-12-10-15-3-1-2-4-18(15)13-23-26/h1-14,26H,(H,24,25). The number of fused-ring (bicyclic) bond motifs is 1. The van der Waals surface area contributed by atoms with Crippen molar-refractivity contribution in [3.63, 3.8) is 0 Å². The van der Waals surface area contributed by atoms with Gasteiger partial charge in [0.15, 0.2) is 0 Å². The predicted octanol–water partition coefficient (Wildman–Crippen LogP) is 3.81. The van der Waals surface area contributed by atoms with Gasteiger partial charge in [0.1, 0.15) is 6.33 Å². The third kappa shape index (κ3) is 3.55. The van der Waals surface area contributed by atoms with Gasteiger partial charge < -0.3 is 0 Å². The van der Waals surface area contributed by atoms with Crippen molar-refractivity contribution in [3.8, 4) is 11.3 Å². The van der Waals surface area contributed by atoms with Gasteiger partial charge in [0.2, 0.25) is 0 Å². The van der Waals surface area contributed by atoms with Crippen molar-refractivity contribution >= 4 is 29.5 Å². The molecule has 5 nitrogen and oxygen atoms in total. The van der Waals surface area contributed by atoms with Crippen LogP contribution in [0.2, 0.25) is 0 Å². The van der Waals surface area contributed by atoms with Crippen LogP contribution in [0.15, 0.2) is 76.9 Å². The van der Waals surface area contributed by atoms with Crippen molar-refractivity contribution < 1.29 is 4.79 Å². The lowest BCUT2D eigenvalue weighted by atomic mass is 10.1. The first-order valence-electron chi connectivity index (χ1n) is 8.07. The summed E-state index contributed by atoms with van der Waals surface area (Å²) in [4.78, 5) is 20.6. The Morgan fingerprint density at radius 1 is 0.962 bits per heavy atom. The number of carbonyl (C=O) groups excluding carboxylic acids is 1. The van der Waals surface area contributed by atoms with E-state index in [-0.39, 0.29) is 5.91 Å². The van der Waals surface area contributed by atoms with Gasteiger partial charge in [-0.1, -0.05) is 47.7 Å². The van der Waals surface area contributed by atoms with Crippen molar-refractivity contribution in [2.75, 3.05) is 0 Å². The van der Waals surface area contributed by atoms with Crippen LogP contribution in [0.25, 0.3) is 17.3 Å². The van der Waals surface area contributed by atoms with E-state index in [1.54, 1.807) is 18.3 Å². The molecule has 0 fully saturated rings. The Labute approximate surface area is 154 Å². The fourth-order valence-electron chi connectivity index (χ4n) is 2.58. The van der Waals surface area contributed by atoms with Crippen molar-refractivity contribution in [2.45, 2.75) is 0 Å². The fraction of sp³-hybridized carbons (Fsp3) is 0. The van der Waals surface area contributed by atoms with Gasteiger partial charge in [-0.25, -0.2) is 14.4 Å². The monoisotopic (exact) mass is 360 g/mol. The first-order valence-corrected chi connectivity index (χ1v) is 9.44. The van der Waals surface area contributed by atoms with Crippen LogP contribution >= 0.6 is 11.3 Å². The van der Waals surface area contributed by atoms with Crippen LogP contribution in [0, 0.1) is 0 Å². The maximum Gasteiger partial charge on any atom is 0.261 e. The molecule has 1 amide bonds. The molecule has 0 bridgehead atoms. The Balaban J connectivity index is 1.47. The minimum Gasteiger partial charge on any atom is -0.296 e. The van der Waals surface area contributed by atoms with Crippen LogP contribution in [-0.2, 0) is 0 Å². The highest BCUT2D eigenvalue weighted by molar-refractivity contribution is 8.17. The molecule has 0 saturated heterocycles. The lowest BCUT2D eigenvalue weighted by molar-refractivity contribution is 0.0984. The Kier molecular flexibility index (Phi) is 4.57. The molecular formula is C20H16N4OS. The van der Waals surface area contributed by atoms with E-state index in [1.165, 1.54) is 6.33 Å². The van der Waals surface area contributed by atoms with E-state index in [1.807, 2.05) is 60.2 Å². The molecule has 2 heterocycles. The molecule has 0 spiro atoms. The van der Waals surface area contributed by atoms with Gasteiger partial charge in [0.25, 0.3) is 5.91 Å². The highest BCUT2D eigenvalue weighted by Gasteiger charge is 2.10. The average Bonchev–Trinajstić information content (AvgIpc) is 2.91. The molecule has 1 aromatic heterocycles. The van der Waals surface area contributed by atoms with E-state index >= 15 is 0 Å². The molecule has 0 radical (unpaired) electrons. The molecule has 6 heteroatoms. The number of hydrogen-bond donors (Lipinski definition) is 2. The van der Waals surface area contributed by atoms with Crippen LogP contribution in [0.3, 0.4) is 0 Å². The zero-order chi connectivity index (χ0) is 17.8. The highest BCUT2D eigenvalue weighted by atomic mass is 32.2. The van der Waals surface area contributed by atoms with Crippen molar-refractivity contribution in [1.82, 2.24) is 14.7 Å². The van der Waals surface area contributed by atoms with Gasteiger partial charge in [-0.15, -0.1) is 0 Å². The van der Waals surface area contributed by atoms with E-state index in [2.05, 4.69) is 19.1 Å². The number of amides is 1. The van der Waals surface area contributed by atoms with Crippen LogP contribution in [-0.4, -0.2) is 22.1 Å². The number of nitrogens with one attached hydrogen (secondary N) is 1. The lowest BCUT2D eigenvalue weighted by Gasteiger charge is -2.13. The first kappa shape index (κ1) is 16.2. The molecule has 1 unspecified atom stereocenters. The summed E-state index contributed by atoms with van der Waals surface area (Å²) < 4.78 is 7.48. The maximum absolute atomic E-state index is 12.5. The normalized spacial score (nSPS) is 16.5. The number of hydrogen-bond acceptors (Lipinski definition) is 4. The number of carbonyl (C=O) groups is 1. The summed E-state index contributed by atoms with van der Waals surface area (Å²) in [6.07, 6.45) is 7.03. The van der Waals surface area contributed by atoms with Crippen LogP contribution < -0.4 is 4.72 Å².